The lowest BCUT2D eigenvalue weighted by molar-refractivity contribution is 0.122. The number of hydrogen-bond donors (Lipinski definition) is 1. The summed E-state index contributed by atoms with van der Waals surface area (Å²) in [6, 6.07) is 10.4. The predicted molar refractivity (Wildman–Crippen MR) is 134 cm³/mol. The standard InChI is InChI=1S/C24H31N7O2S/c1-18(32)15-29-7-9-31(10-8-29)24-27-21-20(22(28-24)30-11-13-33-14-12-30)25-17-26-23(21)34-16-19-5-3-2-4-6-19/h2-6,17-18,32H,7-16H2,1H3. The molecule has 0 amide bonds. The molecule has 3 aromatic rings. The lowest BCUT2D eigenvalue weighted by Gasteiger charge is -2.36. The minimum Gasteiger partial charge on any atom is -0.392 e. The molecule has 9 nitrogen and oxygen atoms in total. The number of rotatable bonds is 7. The molecule has 0 bridgehead atoms. The third kappa shape index (κ3) is 5.41. The lowest BCUT2D eigenvalue weighted by atomic mass is 10.2. The summed E-state index contributed by atoms with van der Waals surface area (Å²) in [5.41, 5.74) is 2.85. The van der Waals surface area contributed by atoms with Gasteiger partial charge in [-0.2, -0.15) is 4.98 Å². The van der Waals surface area contributed by atoms with E-state index in [9.17, 15) is 5.11 Å². The fourth-order valence-electron chi connectivity index (χ4n) is 4.37. The highest BCUT2D eigenvalue weighted by molar-refractivity contribution is 7.98. The van der Waals surface area contributed by atoms with Crippen LogP contribution in [-0.2, 0) is 10.5 Å². The van der Waals surface area contributed by atoms with E-state index >= 15 is 0 Å². The lowest BCUT2D eigenvalue weighted by Crippen LogP contribution is -2.49. The number of β-amino-alcohol motifs (C(OH)–C–C–N with tert-alkyl or cyclic N) is 1. The molecule has 1 atom stereocenters. The van der Waals surface area contributed by atoms with E-state index in [2.05, 4.69) is 48.9 Å². The van der Waals surface area contributed by atoms with E-state index in [1.165, 1.54) is 5.56 Å². The van der Waals surface area contributed by atoms with Crippen molar-refractivity contribution in [3.05, 3.63) is 42.2 Å². The molecule has 2 saturated heterocycles. The second-order valence-corrected chi connectivity index (χ2v) is 9.70. The molecule has 1 N–H and O–H groups in total. The number of aliphatic hydroxyl groups excluding tert-OH is 1. The zero-order valence-electron chi connectivity index (χ0n) is 19.5. The van der Waals surface area contributed by atoms with Crippen molar-refractivity contribution in [2.24, 2.45) is 0 Å². The topological polar surface area (TPSA) is 90.7 Å². The smallest absolute Gasteiger partial charge is 0.228 e. The summed E-state index contributed by atoms with van der Waals surface area (Å²) < 4.78 is 5.58. The van der Waals surface area contributed by atoms with Crippen molar-refractivity contribution < 1.29 is 9.84 Å². The van der Waals surface area contributed by atoms with Crippen LogP contribution in [0.4, 0.5) is 11.8 Å². The molecule has 2 aliphatic rings. The van der Waals surface area contributed by atoms with Crippen molar-refractivity contribution in [1.29, 1.82) is 0 Å². The number of piperazine rings is 1. The van der Waals surface area contributed by atoms with Gasteiger partial charge in [-0.3, -0.25) is 4.90 Å². The molecule has 0 spiro atoms. The zero-order valence-corrected chi connectivity index (χ0v) is 20.3. The molecule has 10 heteroatoms. The Morgan fingerprint density at radius 2 is 1.71 bits per heavy atom. The van der Waals surface area contributed by atoms with E-state index in [1.807, 2.05) is 13.0 Å². The van der Waals surface area contributed by atoms with Gasteiger partial charge in [0.05, 0.1) is 19.3 Å². The van der Waals surface area contributed by atoms with Gasteiger partial charge < -0.3 is 19.6 Å². The number of nitrogens with zero attached hydrogens (tertiary/aromatic N) is 7. The Balaban J connectivity index is 1.47. The van der Waals surface area contributed by atoms with Gasteiger partial charge >= 0.3 is 0 Å². The van der Waals surface area contributed by atoms with Crippen LogP contribution in [0.2, 0.25) is 0 Å². The fourth-order valence-corrected chi connectivity index (χ4v) is 5.27. The Hall–Kier alpha value is -2.53. The maximum atomic E-state index is 9.74. The summed E-state index contributed by atoms with van der Waals surface area (Å²) in [6.45, 7) is 8.84. The maximum Gasteiger partial charge on any atom is 0.228 e. The Bertz CT molecular complexity index is 1090. The number of hydrogen-bond acceptors (Lipinski definition) is 10. The molecular weight excluding hydrogens is 450 g/mol. The van der Waals surface area contributed by atoms with E-state index in [4.69, 9.17) is 14.7 Å². The predicted octanol–water partition coefficient (Wildman–Crippen LogP) is 2.05. The number of anilines is 2. The Morgan fingerprint density at radius 3 is 2.44 bits per heavy atom. The highest BCUT2D eigenvalue weighted by atomic mass is 32.2. The molecule has 180 valence electrons. The molecular formula is C24H31N7O2S. The van der Waals surface area contributed by atoms with Crippen LogP contribution in [0.3, 0.4) is 0 Å². The second-order valence-electron chi connectivity index (χ2n) is 8.73. The first-order chi connectivity index (χ1) is 16.7. The minimum atomic E-state index is -0.322. The van der Waals surface area contributed by atoms with Crippen LogP contribution in [-0.4, -0.2) is 95.1 Å². The number of thioether (sulfide) groups is 1. The van der Waals surface area contributed by atoms with E-state index in [0.29, 0.717) is 19.8 Å². The molecule has 5 rings (SSSR count). The maximum absolute atomic E-state index is 9.74. The Morgan fingerprint density at radius 1 is 0.941 bits per heavy atom. The SMILES string of the molecule is CC(O)CN1CCN(c2nc(N3CCOCC3)c3ncnc(SCc4ccccc4)c3n2)CC1. The Labute approximate surface area is 204 Å². The van der Waals surface area contributed by atoms with Gasteiger partial charge in [0.2, 0.25) is 5.95 Å². The second kappa shape index (κ2) is 10.8. The number of benzene rings is 1. The van der Waals surface area contributed by atoms with Crippen LogP contribution in [0.5, 0.6) is 0 Å². The minimum absolute atomic E-state index is 0.322. The average molecular weight is 482 g/mol. The monoisotopic (exact) mass is 481 g/mol. The number of aromatic nitrogens is 4. The van der Waals surface area contributed by atoms with Crippen LogP contribution in [0.1, 0.15) is 12.5 Å². The first-order valence-electron chi connectivity index (χ1n) is 11.8. The summed E-state index contributed by atoms with van der Waals surface area (Å²) in [4.78, 5) is 26.0. The summed E-state index contributed by atoms with van der Waals surface area (Å²) in [5.74, 6) is 2.40. The highest BCUT2D eigenvalue weighted by Crippen LogP contribution is 2.32. The first-order valence-corrected chi connectivity index (χ1v) is 12.8. The number of fused-ring (bicyclic) bond motifs is 1. The number of morpholine rings is 1. The first kappa shape index (κ1) is 23.2. The molecule has 0 radical (unpaired) electrons. The van der Waals surface area contributed by atoms with E-state index in [1.54, 1.807) is 18.1 Å². The van der Waals surface area contributed by atoms with E-state index in [-0.39, 0.29) is 6.10 Å². The number of ether oxygens (including phenoxy) is 1. The van der Waals surface area contributed by atoms with E-state index < -0.39 is 0 Å². The van der Waals surface area contributed by atoms with Crippen LogP contribution < -0.4 is 9.80 Å². The number of aliphatic hydroxyl groups is 1. The molecule has 1 unspecified atom stereocenters. The average Bonchev–Trinajstić information content (AvgIpc) is 2.88. The van der Waals surface area contributed by atoms with Gasteiger partial charge in [-0.1, -0.05) is 42.1 Å². The van der Waals surface area contributed by atoms with Crippen molar-refractivity contribution in [3.8, 4) is 0 Å². The van der Waals surface area contributed by atoms with Gasteiger partial charge in [-0.15, -0.1) is 0 Å². The summed E-state index contributed by atoms with van der Waals surface area (Å²) in [7, 11) is 0. The molecule has 2 fully saturated rings. The molecule has 34 heavy (non-hydrogen) atoms. The summed E-state index contributed by atoms with van der Waals surface area (Å²) >= 11 is 1.68. The van der Waals surface area contributed by atoms with Gasteiger partial charge in [-0.25, -0.2) is 15.0 Å². The van der Waals surface area contributed by atoms with Crippen molar-refractivity contribution in [2.75, 3.05) is 68.8 Å². The molecule has 0 aliphatic carbocycles. The largest absolute Gasteiger partial charge is 0.392 e. The quantitative estimate of drug-likeness (QED) is 0.399. The molecule has 1 aromatic carbocycles. The van der Waals surface area contributed by atoms with Crippen LogP contribution in [0, 0.1) is 0 Å². The molecule has 4 heterocycles. The normalized spacial score (nSPS) is 18.4. The molecule has 0 saturated carbocycles. The van der Waals surface area contributed by atoms with Gasteiger partial charge in [-0.05, 0) is 12.5 Å². The third-order valence-electron chi connectivity index (χ3n) is 6.12. The van der Waals surface area contributed by atoms with Crippen molar-refractivity contribution >= 4 is 34.6 Å². The van der Waals surface area contributed by atoms with Crippen LogP contribution in [0.15, 0.2) is 41.7 Å². The van der Waals surface area contributed by atoms with Crippen LogP contribution in [0.25, 0.3) is 11.0 Å². The van der Waals surface area contributed by atoms with Gasteiger partial charge in [0.15, 0.2) is 5.82 Å². The third-order valence-corrected chi connectivity index (χ3v) is 7.17. The summed E-state index contributed by atoms with van der Waals surface area (Å²) in [5, 5.41) is 10.6. The zero-order chi connectivity index (χ0) is 23.3. The van der Waals surface area contributed by atoms with Crippen molar-refractivity contribution in [3.63, 3.8) is 0 Å². The van der Waals surface area contributed by atoms with E-state index in [0.717, 1.165) is 72.8 Å². The Kier molecular flexibility index (Phi) is 7.39. The van der Waals surface area contributed by atoms with Crippen LogP contribution >= 0.6 is 11.8 Å². The van der Waals surface area contributed by atoms with Gasteiger partial charge in [0.1, 0.15) is 22.4 Å². The van der Waals surface area contributed by atoms with Gasteiger partial charge in [0.25, 0.3) is 0 Å². The van der Waals surface area contributed by atoms with Crippen molar-refractivity contribution in [2.45, 2.75) is 23.8 Å². The summed E-state index contributed by atoms with van der Waals surface area (Å²) in [6.07, 6.45) is 1.30. The molecule has 2 aromatic heterocycles. The highest BCUT2D eigenvalue weighted by Gasteiger charge is 2.25. The van der Waals surface area contributed by atoms with Crippen molar-refractivity contribution in [1.82, 2.24) is 24.8 Å². The molecule has 2 aliphatic heterocycles. The van der Waals surface area contributed by atoms with Gasteiger partial charge in [0, 0.05) is 51.6 Å². The fraction of sp³-hybridized carbons (Fsp3) is 0.500.